The van der Waals surface area contributed by atoms with E-state index in [1.54, 1.807) is 0 Å². The van der Waals surface area contributed by atoms with Crippen molar-refractivity contribution >= 4 is 33.1 Å². The quantitative estimate of drug-likeness (QED) is 0.626. The number of hydrogen-bond donors (Lipinski definition) is 1. The van der Waals surface area contributed by atoms with Crippen LogP contribution in [-0.4, -0.2) is 32.4 Å². The molecule has 4 rings (SSSR count). The highest BCUT2D eigenvalue weighted by atomic mass is 79.9. The van der Waals surface area contributed by atoms with Crippen LogP contribution in [0.2, 0.25) is 0 Å². The van der Waals surface area contributed by atoms with Gasteiger partial charge in [0.2, 0.25) is 0 Å². The van der Waals surface area contributed by atoms with Crippen LogP contribution in [0.1, 0.15) is 62.2 Å². The van der Waals surface area contributed by atoms with Crippen LogP contribution >= 0.6 is 15.9 Å². The van der Waals surface area contributed by atoms with Gasteiger partial charge in [0.25, 0.3) is 0 Å². The lowest BCUT2D eigenvalue weighted by molar-refractivity contribution is 0.176. The van der Waals surface area contributed by atoms with Crippen molar-refractivity contribution in [3.05, 3.63) is 51.4 Å². The maximum Gasteiger partial charge on any atom is 0.150 e. The number of rotatable bonds is 3. The molecule has 2 aliphatic rings. The fourth-order valence-electron chi connectivity index (χ4n) is 4.75. The van der Waals surface area contributed by atoms with Gasteiger partial charge in [0.05, 0.1) is 17.4 Å². The van der Waals surface area contributed by atoms with Gasteiger partial charge in [-0.25, -0.2) is 9.97 Å². The molecule has 0 unspecified atom stereocenters. The lowest BCUT2D eigenvalue weighted by atomic mass is 9.73. The summed E-state index contributed by atoms with van der Waals surface area (Å²) in [6.07, 6.45) is 3.12. The summed E-state index contributed by atoms with van der Waals surface area (Å²) in [5, 5.41) is 0. The third-order valence-corrected chi connectivity index (χ3v) is 8.84. The van der Waals surface area contributed by atoms with Crippen molar-refractivity contribution in [2.24, 2.45) is 5.41 Å². The monoisotopic (exact) mass is 490 g/mol. The molecule has 1 aliphatic carbocycles. The Morgan fingerprint density at radius 2 is 1.80 bits per heavy atom. The SMILES string of the molecule is Cc1nc(N2CCC3(CC2)Cc2ccccc2[C@H]3N[S@+]([O-])C(C)(C)C)c(C)nc1Br. The largest absolute Gasteiger partial charge is 0.598 e. The van der Waals surface area contributed by atoms with Crippen LogP contribution in [0.25, 0.3) is 0 Å². The third-order valence-electron chi connectivity index (χ3n) is 6.52. The van der Waals surface area contributed by atoms with Crippen LogP contribution in [-0.2, 0) is 17.8 Å². The van der Waals surface area contributed by atoms with Crippen LogP contribution in [0.4, 0.5) is 5.82 Å². The highest BCUT2D eigenvalue weighted by Crippen LogP contribution is 2.52. The smallest absolute Gasteiger partial charge is 0.150 e. The second-order valence-corrected chi connectivity index (χ2v) is 12.4. The molecule has 1 saturated heterocycles. The minimum atomic E-state index is -1.11. The van der Waals surface area contributed by atoms with Crippen LogP contribution in [0.3, 0.4) is 0 Å². The Kier molecular flexibility index (Phi) is 5.94. The Hall–Kier alpha value is -1.15. The first-order chi connectivity index (χ1) is 14.1. The molecule has 30 heavy (non-hydrogen) atoms. The van der Waals surface area contributed by atoms with Gasteiger partial charge in [0, 0.05) is 29.9 Å². The molecule has 1 aromatic carbocycles. The summed E-state index contributed by atoms with van der Waals surface area (Å²) >= 11 is 2.38. The average Bonchev–Trinajstić information content (AvgIpc) is 2.98. The Bertz CT molecular complexity index is 937. The van der Waals surface area contributed by atoms with Crippen LogP contribution in [0, 0.1) is 19.3 Å². The fraction of sp³-hybridized carbons (Fsp3) is 0.565. The molecule has 1 N–H and O–H groups in total. The number of nitrogens with zero attached hydrogens (tertiary/aromatic N) is 3. The zero-order chi connectivity index (χ0) is 21.7. The molecule has 2 heterocycles. The summed E-state index contributed by atoms with van der Waals surface area (Å²) in [6.45, 7) is 12.0. The molecule has 0 saturated carbocycles. The fourth-order valence-corrected chi connectivity index (χ4v) is 6.05. The number of hydrogen-bond acceptors (Lipinski definition) is 5. The Morgan fingerprint density at radius 3 is 2.47 bits per heavy atom. The summed E-state index contributed by atoms with van der Waals surface area (Å²) in [5.74, 6) is 0.990. The molecule has 1 spiro atoms. The molecular weight excluding hydrogens is 460 g/mol. The predicted molar refractivity (Wildman–Crippen MR) is 127 cm³/mol. The van der Waals surface area contributed by atoms with Gasteiger partial charge < -0.3 is 9.45 Å². The summed E-state index contributed by atoms with van der Waals surface area (Å²) in [7, 11) is 0. The van der Waals surface area contributed by atoms with Crippen LogP contribution in [0.5, 0.6) is 0 Å². The molecule has 7 heteroatoms. The Labute approximate surface area is 191 Å². The van der Waals surface area contributed by atoms with Crippen molar-refractivity contribution in [3.63, 3.8) is 0 Å². The first kappa shape index (κ1) is 22.1. The maximum atomic E-state index is 13.0. The maximum absolute atomic E-state index is 13.0. The van der Waals surface area contributed by atoms with Gasteiger partial charge in [-0.3, -0.25) is 0 Å². The van der Waals surface area contributed by atoms with E-state index >= 15 is 0 Å². The first-order valence-electron chi connectivity index (χ1n) is 10.6. The van der Waals surface area contributed by atoms with Gasteiger partial charge in [0.1, 0.15) is 15.2 Å². The van der Waals surface area contributed by atoms with E-state index < -0.39 is 11.4 Å². The number of benzene rings is 1. The van der Waals surface area contributed by atoms with Crippen molar-refractivity contribution in [1.82, 2.24) is 14.7 Å². The van der Waals surface area contributed by atoms with E-state index in [1.807, 2.05) is 34.6 Å². The summed E-state index contributed by atoms with van der Waals surface area (Å²) in [4.78, 5) is 11.8. The standard InChI is InChI=1S/C23H31BrN4OS/c1-15-20(24)25-16(2)21(26-15)28-12-10-23(11-13-28)14-17-8-6-7-9-18(17)19(23)27-30(29)22(3,4)5/h6-9,19,27H,10-14H2,1-5H3/t19-,30-/m1/s1. The van der Waals surface area contributed by atoms with Gasteiger partial charge >= 0.3 is 0 Å². The summed E-state index contributed by atoms with van der Waals surface area (Å²) in [6, 6.07) is 8.79. The number of piperidine rings is 1. The van der Waals surface area contributed by atoms with E-state index in [4.69, 9.17) is 4.98 Å². The minimum absolute atomic E-state index is 0.0901. The van der Waals surface area contributed by atoms with Gasteiger partial charge in [0.15, 0.2) is 0 Å². The Morgan fingerprint density at radius 1 is 1.13 bits per heavy atom. The summed E-state index contributed by atoms with van der Waals surface area (Å²) < 4.78 is 17.1. The normalized spacial score (nSPS) is 21.7. The molecule has 0 amide bonds. The molecule has 1 aliphatic heterocycles. The van der Waals surface area contributed by atoms with E-state index in [0.29, 0.717) is 0 Å². The second kappa shape index (κ2) is 8.08. The third kappa shape index (κ3) is 4.01. The first-order valence-corrected chi connectivity index (χ1v) is 12.6. The highest BCUT2D eigenvalue weighted by Gasteiger charge is 2.50. The van der Waals surface area contributed by atoms with E-state index in [1.165, 1.54) is 11.1 Å². The van der Waals surface area contributed by atoms with Crippen molar-refractivity contribution in [3.8, 4) is 0 Å². The van der Waals surface area contributed by atoms with Crippen LogP contribution < -0.4 is 9.62 Å². The molecule has 162 valence electrons. The van der Waals surface area contributed by atoms with Gasteiger partial charge in [-0.2, -0.15) is 0 Å². The molecule has 2 atom stereocenters. The van der Waals surface area contributed by atoms with E-state index in [0.717, 1.165) is 54.2 Å². The van der Waals surface area contributed by atoms with Crippen molar-refractivity contribution < 1.29 is 4.55 Å². The molecule has 0 bridgehead atoms. The number of fused-ring (bicyclic) bond motifs is 1. The zero-order valence-electron chi connectivity index (χ0n) is 18.5. The molecule has 5 nitrogen and oxygen atoms in total. The summed E-state index contributed by atoms with van der Waals surface area (Å²) in [5.41, 5.74) is 4.68. The number of anilines is 1. The van der Waals surface area contributed by atoms with E-state index in [9.17, 15) is 4.55 Å². The molecule has 0 radical (unpaired) electrons. The molecular formula is C23H31BrN4OS. The zero-order valence-corrected chi connectivity index (χ0v) is 20.9. The number of aromatic nitrogens is 2. The van der Waals surface area contributed by atoms with Crippen molar-refractivity contribution in [2.45, 2.75) is 64.7 Å². The van der Waals surface area contributed by atoms with Crippen molar-refractivity contribution in [2.75, 3.05) is 18.0 Å². The molecule has 2 aromatic rings. The number of halogens is 1. The number of nitrogens with one attached hydrogen (secondary N) is 1. The van der Waals surface area contributed by atoms with E-state index in [2.05, 4.69) is 54.8 Å². The average molecular weight is 491 g/mol. The van der Waals surface area contributed by atoms with Gasteiger partial charge in [-0.15, -0.1) is 4.72 Å². The highest BCUT2D eigenvalue weighted by molar-refractivity contribution is 9.10. The topological polar surface area (TPSA) is 64.1 Å². The lowest BCUT2D eigenvalue weighted by Gasteiger charge is -2.44. The number of aryl methyl sites for hydroxylation is 2. The van der Waals surface area contributed by atoms with Crippen molar-refractivity contribution in [1.29, 1.82) is 0 Å². The molecule has 1 aromatic heterocycles. The lowest BCUT2D eigenvalue weighted by Crippen LogP contribution is -2.50. The molecule has 1 fully saturated rings. The Balaban J connectivity index is 1.59. The van der Waals surface area contributed by atoms with Gasteiger partial charge in [-0.05, 0) is 80.9 Å². The minimum Gasteiger partial charge on any atom is -0.598 e. The van der Waals surface area contributed by atoms with Crippen LogP contribution in [0.15, 0.2) is 28.9 Å². The van der Waals surface area contributed by atoms with E-state index in [-0.39, 0.29) is 16.2 Å². The van der Waals surface area contributed by atoms with Gasteiger partial charge in [-0.1, -0.05) is 24.3 Å². The predicted octanol–water partition coefficient (Wildman–Crippen LogP) is 4.79. The second-order valence-electron chi connectivity index (χ2n) is 9.67.